The van der Waals surface area contributed by atoms with E-state index in [1.165, 1.54) is 0 Å². The molecule has 0 aromatic carbocycles. The summed E-state index contributed by atoms with van der Waals surface area (Å²) in [7, 11) is 1.26. The SMILES string of the molecule is B#[S-](C)OC. The van der Waals surface area contributed by atoms with Crippen molar-refractivity contribution in [2.75, 3.05) is 13.4 Å². The molecule has 0 N–H and O–H groups in total. The Morgan fingerprint density at radius 3 is 2.00 bits per heavy atom. The molecule has 0 fully saturated rings. The second-order valence-corrected chi connectivity index (χ2v) is 2.00. The van der Waals surface area contributed by atoms with Gasteiger partial charge in [-0.1, -0.05) is 0 Å². The van der Waals surface area contributed by atoms with Crippen molar-refractivity contribution in [3.8, 4) is 0 Å². The first kappa shape index (κ1) is 5.37. The monoisotopic (exact) mass is 89.0 g/mol. The van der Waals surface area contributed by atoms with Crippen LogP contribution in [0.15, 0.2) is 0 Å². The van der Waals surface area contributed by atoms with Crippen LogP contribution in [0.25, 0.3) is 0 Å². The van der Waals surface area contributed by atoms with Crippen molar-refractivity contribution in [3.05, 3.63) is 0 Å². The predicted molar refractivity (Wildman–Crippen MR) is 26.1 cm³/mol. The van der Waals surface area contributed by atoms with Crippen molar-refractivity contribution in [2.45, 2.75) is 0 Å². The summed E-state index contributed by atoms with van der Waals surface area (Å²) in [5.41, 5.74) is 0. The molecule has 3 heteroatoms. The van der Waals surface area contributed by atoms with Crippen LogP contribution >= 0.6 is 0 Å². The third kappa shape index (κ3) is 4.37. The molecule has 0 bridgehead atoms. The summed E-state index contributed by atoms with van der Waals surface area (Å²) in [6, 6.07) is 0. The van der Waals surface area contributed by atoms with Crippen LogP contribution < -0.4 is 0 Å². The van der Waals surface area contributed by atoms with Gasteiger partial charge in [0.1, 0.15) is 0 Å². The van der Waals surface area contributed by atoms with E-state index in [-0.39, 0.29) is 10.4 Å². The molecule has 0 aliphatic rings. The average molecular weight is 88.9 g/mol. The van der Waals surface area contributed by atoms with E-state index in [2.05, 4.69) is 4.18 Å². The fraction of sp³-hybridized carbons (Fsp3) is 1.00. The first-order chi connectivity index (χ1) is 2.27. The first-order valence-corrected chi connectivity index (χ1v) is 2.84. The Hall–Kier alpha value is 0.375. The molecule has 1 nitrogen and oxygen atoms in total. The van der Waals surface area contributed by atoms with Crippen molar-refractivity contribution in [2.24, 2.45) is 0 Å². The quantitative estimate of drug-likeness (QED) is 0.297. The van der Waals surface area contributed by atoms with Crippen LogP contribution in [-0.4, -0.2) is 19.9 Å². The summed E-state index contributed by atoms with van der Waals surface area (Å²) in [6.45, 7) is 5.10. The summed E-state index contributed by atoms with van der Waals surface area (Å²) in [6.07, 6.45) is 1.81. The standard InChI is InChI=1S/C2H6BOS/c1-4-5(2)3/h1-2H3/q-1. The Balaban J connectivity index is 2.97. The van der Waals surface area contributed by atoms with Crippen LogP contribution in [0.1, 0.15) is 0 Å². The molecule has 0 unspecified atom stereocenters. The second-order valence-electron chi connectivity index (χ2n) is 0.665. The number of hydrogen-bond donors (Lipinski definition) is 0. The molecule has 0 rings (SSSR count). The molecule has 0 aliphatic heterocycles. The van der Waals surface area contributed by atoms with Crippen LogP contribution in [0.5, 0.6) is 0 Å². The van der Waals surface area contributed by atoms with Gasteiger partial charge in [0.25, 0.3) is 0 Å². The van der Waals surface area contributed by atoms with E-state index in [0.29, 0.717) is 0 Å². The molecule has 0 aromatic rings. The molecule has 0 spiro atoms. The van der Waals surface area contributed by atoms with E-state index in [4.69, 9.17) is 6.53 Å². The summed E-state index contributed by atoms with van der Waals surface area (Å²) in [4.78, 5) is 0. The Kier molecular flexibility index (Phi) is 2.80. The molecular formula is C2H6BOS-. The Morgan fingerprint density at radius 1 is 1.80 bits per heavy atom. The van der Waals surface area contributed by atoms with Gasteiger partial charge >= 0.3 is 34.5 Å². The number of rotatable bonds is 0. The molecule has 0 aromatic heterocycles. The van der Waals surface area contributed by atoms with Crippen LogP contribution in [0.2, 0.25) is 0 Å². The fourth-order valence-corrected chi connectivity index (χ4v) is 0. The van der Waals surface area contributed by atoms with Gasteiger partial charge in [0.15, 0.2) is 0 Å². The zero-order chi connectivity index (χ0) is 4.28. The van der Waals surface area contributed by atoms with E-state index in [1.807, 2.05) is 0 Å². The van der Waals surface area contributed by atoms with Gasteiger partial charge in [-0.05, 0) is 0 Å². The van der Waals surface area contributed by atoms with Gasteiger partial charge in [-0.2, -0.15) is 0 Å². The van der Waals surface area contributed by atoms with E-state index in [9.17, 15) is 0 Å². The Bertz CT molecular complexity index is 71.5. The van der Waals surface area contributed by atoms with Crippen molar-refractivity contribution in [3.63, 3.8) is 0 Å². The minimum absolute atomic E-state index is 0.323. The normalized spacial score (nSPS) is 9.80. The molecule has 0 atom stereocenters. The predicted octanol–water partition coefficient (Wildman–Crippen LogP) is -0.121. The van der Waals surface area contributed by atoms with Crippen molar-refractivity contribution in [1.82, 2.24) is 0 Å². The minimum atomic E-state index is -0.323. The van der Waals surface area contributed by atoms with Gasteiger partial charge in [0.2, 0.25) is 0 Å². The molecule has 30 valence electrons. The average Bonchev–Trinajstić information content (AvgIpc) is 1.38. The van der Waals surface area contributed by atoms with Crippen LogP contribution in [0.3, 0.4) is 0 Å². The molecule has 5 heavy (non-hydrogen) atoms. The summed E-state index contributed by atoms with van der Waals surface area (Å²) in [5.74, 6) is 0. The van der Waals surface area contributed by atoms with E-state index in [1.54, 1.807) is 13.4 Å². The molecule has 0 saturated carbocycles. The van der Waals surface area contributed by atoms with Crippen LogP contribution in [-0.2, 0) is 14.6 Å². The fourth-order valence-electron chi connectivity index (χ4n) is 0. The van der Waals surface area contributed by atoms with Gasteiger partial charge in [0, 0.05) is 0 Å². The van der Waals surface area contributed by atoms with Crippen LogP contribution in [0, 0.1) is 0 Å². The maximum atomic E-state index is 5.10. The third-order valence-electron chi connectivity index (χ3n) is 0.263. The van der Waals surface area contributed by atoms with E-state index >= 15 is 0 Å². The Morgan fingerprint density at radius 2 is 2.00 bits per heavy atom. The Labute approximate surface area is 35.4 Å². The van der Waals surface area contributed by atoms with Gasteiger partial charge in [0.05, 0.1) is 0 Å². The van der Waals surface area contributed by atoms with E-state index in [0.717, 1.165) is 0 Å². The molecule has 0 saturated heterocycles. The van der Waals surface area contributed by atoms with Gasteiger partial charge in [-0.25, -0.2) is 0 Å². The molecule has 0 radical (unpaired) electrons. The van der Waals surface area contributed by atoms with Crippen molar-refractivity contribution >= 4 is 16.9 Å². The van der Waals surface area contributed by atoms with Gasteiger partial charge < -0.3 is 0 Å². The third-order valence-corrected chi connectivity index (χ3v) is 0.789. The molecule has 0 aliphatic carbocycles. The first-order valence-electron chi connectivity index (χ1n) is 1.22. The molecule has 0 heterocycles. The maximum absolute atomic E-state index is 5.10. The summed E-state index contributed by atoms with van der Waals surface area (Å²) < 4.78 is 4.56. The molecule has 0 amide bonds. The molecular weight excluding hydrogens is 82.9 g/mol. The topological polar surface area (TPSA) is 9.23 Å². The van der Waals surface area contributed by atoms with Gasteiger partial charge in [-0.15, -0.1) is 0 Å². The second kappa shape index (κ2) is 2.60. The number of hydrogen-bond acceptors (Lipinski definition) is 2. The summed E-state index contributed by atoms with van der Waals surface area (Å²) >= 11 is 0. The van der Waals surface area contributed by atoms with Gasteiger partial charge in [-0.3, -0.25) is 0 Å². The van der Waals surface area contributed by atoms with Crippen molar-refractivity contribution in [1.29, 1.82) is 0 Å². The van der Waals surface area contributed by atoms with Crippen LogP contribution in [0.4, 0.5) is 0 Å². The zero-order valence-corrected chi connectivity index (χ0v) is 4.21. The summed E-state index contributed by atoms with van der Waals surface area (Å²) in [5, 5.41) is 0. The van der Waals surface area contributed by atoms with E-state index < -0.39 is 0 Å². The van der Waals surface area contributed by atoms with Crippen molar-refractivity contribution < 1.29 is 4.18 Å². The zero-order valence-electron chi connectivity index (χ0n) is 3.39.